The van der Waals surface area contributed by atoms with E-state index in [0.29, 0.717) is 11.6 Å². The van der Waals surface area contributed by atoms with E-state index in [1.165, 1.54) is 0 Å². The summed E-state index contributed by atoms with van der Waals surface area (Å²) in [7, 11) is 1.65. The Labute approximate surface area is 95.8 Å². The number of halogens is 1. The summed E-state index contributed by atoms with van der Waals surface area (Å²) >= 11 is 5.93. The molecule has 0 spiro atoms. The van der Waals surface area contributed by atoms with Crippen molar-refractivity contribution in [2.24, 2.45) is 0 Å². The Kier molecular flexibility index (Phi) is 4.14. The van der Waals surface area contributed by atoms with Crippen molar-refractivity contribution < 1.29 is 9.84 Å². The topological polar surface area (TPSA) is 29.5 Å². The lowest BCUT2D eigenvalue weighted by atomic mass is 9.83. The zero-order chi connectivity index (χ0) is 11.5. The Morgan fingerprint density at radius 3 is 2.60 bits per heavy atom. The minimum atomic E-state index is -0.265. The van der Waals surface area contributed by atoms with Gasteiger partial charge in [0.1, 0.15) is 0 Å². The van der Waals surface area contributed by atoms with Crippen molar-refractivity contribution >= 4 is 11.6 Å². The average Bonchev–Trinajstić information content (AvgIpc) is 2.18. The lowest BCUT2D eigenvalue weighted by molar-refractivity contribution is 0.178. The molecule has 3 heteroatoms. The highest BCUT2D eigenvalue weighted by Gasteiger charge is 2.22. The minimum absolute atomic E-state index is 0.103. The third kappa shape index (κ3) is 2.94. The molecule has 0 aliphatic rings. The van der Waals surface area contributed by atoms with Crippen molar-refractivity contribution in [2.45, 2.75) is 25.9 Å². The van der Waals surface area contributed by atoms with Crippen LogP contribution in [0.5, 0.6) is 0 Å². The number of hydrogen-bond donors (Lipinski definition) is 1. The lowest BCUT2D eigenvalue weighted by Crippen LogP contribution is -2.24. The standard InChI is InChI=1S/C12H17ClO2/c1-12(2,8-14)11-5-4-10(13)6-9(11)7-15-3/h4-6,14H,7-8H2,1-3H3. The number of rotatable bonds is 4. The van der Waals surface area contributed by atoms with E-state index in [9.17, 15) is 5.11 Å². The van der Waals surface area contributed by atoms with E-state index in [2.05, 4.69) is 0 Å². The largest absolute Gasteiger partial charge is 0.395 e. The molecule has 0 fully saturated rings. The highest BCUT2D eigenvalue weighted by molar-refractivity contribution is 6.30. The Bertz CT molecular complexity index is 334. The molecule has 0 aromatic heterocycles. The summed E-state index contributed by atoms with van der Waals surface area (Å²) < 4.78 is 5.12. The van der Waals surface area contributed by atoms with Crippen LogP contribution in [0.2, 0.25) is 5.02 Å². The van der Waals surface area contributed by atoms with E-state index in [-0.39, 0.29) is 12.0 Å². The first-order valence-corrected chi connectivity index (χ1v) is 5.28. The molecule has 0 heterocycles. The van der Waals surface area contributed by atoms with Crippen molar-refractivity contribution in [3.63, 3.8) is 0 Å². The predicted octanol–water partition coefficient (Wildman–Crippen LogP) is 2.76. The second-order valence-electron chi connectivity index (χ2n) is 4.28. The van der Waals surface area contributed by atoms with Crippen LogP contribution < -0.4 is 0 Å². The van der Waals surface area contributed by atoms with Gasteiger partial charge in [-0.3, -0.25) is 0 Å². The molecule has 1 aromatic rings. The third-order valence-electron chi connectivity index (χ3n) is 2.49. The van der Waals surface area contributed by atoms with E-state index in [0.717, 1.165) is 11.1 Å². The highest BCUT2D eigenvalue weighted by Crippen LogP contribution is 2.28. The van der Waals surface area contributed by atoms with Gasteiger partial charge in [0, 0.05) is 17.5 Å². The van der Waals surface area contributed by atoms with Gasteiger partial charge in [0.15, 0.2) is 0 Å². The van der Waals surface area contributed by atoms with E-state index in [1.54, 1.807) is 7.11 Å². The number of aliphatic hydroxyl groups is 1. The molecular formula is C12H17ClO2. The monoisotopic (exact) mass is 228 g/mol. The molecule has 0 atom stereocenters. The first-order valence-electron chi connectivity index (χ1n) is 4.90. The van der Waals surface area contributed by atoms with Gasteiger partial charge in [-0.15, -0.1) is 0 Å². The Hall–Kier alpha value is -0.570. The summed E-state index contributed by atoms with van der Waals surface area (Å²) in [5, 5.41) is 10.0. The molecule has 0 bridgehead atoms. The van der Waals surface area contributed by atoms with Crippen LogP contribution in [0.1, 0.15) is 25.0 Å². The molecule has 15 heavy (non-hydrogen) atoms. The zero-order valence-corrected chi connectivity index (χ0v) is 10.1. The van der Waals surface area contributed by atoms with Crippen molar-refractivity contribution in [3.8, 4) is 0 Å². The second kappa shape index (κ2) is 4.97. The molecular weight excluding hydrogens is 212 g/mol. The van der Waals surface area contributed by atoms with Crippen molar-refractivity contribution in [1.82, 2.24) is 0 Å². The summed E-state index contributed by atoms with van der Waals surface area (Å²) in [5.41, 5.74) is 1.85. The Morgan fingerprint density at radius 1 is 1.40 bits per heavy atom. The first-order chi connectivity index (χ1) is 7.01. The molecule has 0 aliphatic carbocycles. The summed E-state index contributed by atoms with van der Waals surface area (Å²) in [6.45, 7) is 4.61. The average molecular weight is 229 g/mol. The first kappa shape index (κ1) is 12.5. The van der Waals surface area contributed by atoms with Crippen LogP contribution in [0, 0.1) is 0 Å². The van der Waals surface area contributed by atoms with Gasteiger partial charge in [0.2, 0.25) is 0 Å². The lowest BCUT2D eigenvalue weighted by Gasteiger charge is -2.25. The van der Waals surface area contributed by atoms with Gasteiger partial charge in [0.05, 0.1) is 13.2 Å². The number of hydrogen-bond acceptors (Lipinski definition) is 2. The van der Waals surface area contributed by atoms with Gasteiger partial charge in [0.25, 0.3) is 0 Å². The van der Waals surface area contributed by atoms with Crippen molar-refractivity contribution in [3.05, 3.63) is 34.3 Å². The van der Waals surface area contributed by atoms with Gasteiger partial charge >= 0.3 is 0 Å². The van der Waals surface area contributed by atoms with Gasteiger partial charge < -0.3 is 9.84 Å². The molecule has 1 rings (SSSR count). The van der Waals surface area contributed by atoms with E-state index in [1.807, 2.05) is 32.0 Å². The Balaban J connectivity index is 3.16. The molecule has 84 valence electrons. The Morgan fingerprint density at radius 2 is 2.07 bits per heavy atom. The molecule has 0 saturated carbocycles. The quantitative estimate of drug-likeness (QED) is 0.859. The van der Waals surface area contributed by atoms with Gasteiger partial charge in [-0.25, -0.2) is 0 Å². The molecule has 1 aromatic carbocycles. The smallest absolute Gasteiger partial charge is 0.0716 e. The summed E-state index contributed by atoms with van der Waals surface area (Å²) in [5.74, 6) is 0. The second-order valence-corrected chi connectivity index (χ2v) is 4.71. The molecule has 0 unspecified atom stereocenters. The van der Waals surface area contributed by atoms with Crippen LogP contribution >= 0.6 is 11.6 Å². The van der Waals surface area contributed by atoms with E-state index < -0.39 is 0 Å². The van der Waals surface area contributed by atoms with Gasteiger partial charge in [-0.2, -0.15) is 0 Å². The predicted molar refractivity (Wildman–Crippen MR) is 62.3 cm³/mol. The summed E-state index contributed by atoms with van der Waals surface area (Å²) in [6.07, 6.45) is 0. The van der Waals surface area contributed by atoms with E-state index in [4.69, 9.17) is 16.3 Å². The van der Waals surface area contributed by atoms with E-state index >= 15 is 0 Å². The molecule has 0 amide bonds. The SMILES string of the molecule is COCc1cc(Cl)ccc1C(C)(C)CO. The maximum Gasteiger partial charge on any atom is 0.0716 e. The molecule has 0 radical (unpaired) electrons. The molecule has 1 N–H and O–H groups in total. The van der Waals surface area contributed by atoms with Crippen LogP contribution in [-0.4, -0.2) is 18.8 Å². The van der Waals surface area contributed by atoms with Gasteiger partial charge in [-0.05, 0) is 23.3 Å². The highest BCUT2D eigenvalue weighted by atomic mass is 35.5. The van der Waals surface area contributed by atoms with Crippen molar-refractivity contribution in [2.75, 3.05) is 13.7 Å². The number of methoxy groups -OCH3 is 1. The summed E-state index contributed by atoms with van der Waals surface area (Å²) in [6, 6.07) is 5.68. The maximum atomic E-state index is 9.34. The normalized spacial score (nSPS) is 11.8. The zero-order valence-electron chi connectivity index (χ0n) is 9.38. The number of aliphatic hydroxyl groups excluding tert-OH is 1. The number of benzene rings is 1. The van der Waals surface area contributed by atoms with Gasteiger partial charge in [-0.1, -0.05) is 31.5 Å². The van der Waals surface area contributed by atoms with Crippen LogP contribution in [0.25, 0.3) is 0 Å². The van der Waals surface area contributed by atoms with Crippen LogP contribution in [0.4, 0.5) is 0 Å². The molecule has 0 aliphatic heterocycles. The maximum absolute atomic E-state index is 9.34. The fourth-order valence-electron chi connectivity index (χ4n) is 1.58. The minimum Gasteiger partial charge on any atom is -0.395 e. The fourth-order valence-corrected chi connectivity index (χ4v) is 1.78. The summed E-state index contributed by atoms with van der Waals surface area (Å²) in [4.78, 5) is 0. The van der Waals surface area contributed by atoms with Crippen LogP contribution in [-0.2, 0) is 16.8 Å². The number of ether oxygens (including phenoxy) is 1. The molecule has 0 saturated heterocycles. The molecule has 2 nitrogen and oxygen atoms in total. The van der Waals surface area contributed by atoms with Crippen molar-refractivity contribution in [1.29, 1.82) is 0 Å². The van der Waals surface area contributed by atoms with Crippen LogP contribution in [0.15, 0.2) is 18.2 Å². The van der Waals surface area contributed by atoms with Crippen LogP contribution in [0.3, 0.4) is 0 Å². The fraction of sp³-hybridized carbons (Fsp3) is 0.500. The third-order valence-corrected chi connectivity index (χ3v) is 2.73.